The number of carbonyl (C=O) groups excluding carboxylic acids is 1. The Balaban J connectivity index is 1.97. The van der Waals surface area contributed by atoms with Crippen molar-refractivity contribution in [2.45, 2.75) is 25.8 Å². The van der Waals surface area contributed by atoms with E-state index in [0.717, 1.165) is 32.5 Å². The third-order valence-corrected chi connectivity index (χ3v) is 4.01. The van der Waals surface area contributed by atoms with Gasteiger partial charge in [0.1, 0.15) is 5.82 Å². The summed E-state index contributed by atoms with van der Waals surface area (Å²) in [6.45, 7) is 5.38. The Hall–Kier alpha value is -1.69. The molecule has 1 N–H and O–H groups in total. The Labute approximate surface area is 120 Å². The quantitative estimate of drug-likeness (QED) is 0.892. The van der Waals surface area contributed by atoms with Gasteiger partial charge < -0.3 is 15.1 Å². The number of nitrogens with zero attached hydrogens (tertiary/aromatic N) is 4. The van der Waals surface area contributed by atoms with Gasteiger partial charge in [0.05, 0.1) is 0 Å². The molecule has 6 heteroatoms. The van der Waals surface area contributed by atoms with Gasteiger partial charge in [-0.05, 0) is 31.5 Å². The number of anilines is 1. The molecule has 0 bridgehead atoms. The highest BCUT2D eigenvalue weighted by molar-refractivity contribution is 5.92. The molecule has 1 aliphatic rings. The van der Waals surface area contributed by atoms with E-state index in [-0.39, 0.29) is 5.91 Å². The largest absolute Gasteiger partial charge is 0.372 e. The van der Waals surface area contributed by atoms with E-state index in [4.69, 9.17) is 0 Å². The molecule has 1 saturated heterocycles. The molecule has 1 fully saturated rings. The smallest absolute Gasteiger partial charge is 0.274 e. The second kappa shape index (κ2) is 6.65. The molecule has 0 atom stereocenters. The van der Waals surface area contributed by atoms with Gasteiger partial charge in [-0.1, -0.05) is 6.92 Å². The molecule has 20 heavy (non-hydrogen) atoms. The van der Waals surface area contributed by atoms with Crippen LogP contribution in [0.25, 0.3) is 0 Å². The van der Waals surface area contributed by atoms with E-state index in [0.29, 0.717) is 17.6 Å². The zero-order chi connectivity index (χ0) is 14.5. The van der Waals surface area contributed by atoms with Crippen molar-refractivity contribution in [1.82, 2.24) is 20.0 Å². The van der Waals surface area contributed by atoms with Crippen molar-refractivity contribution >= 4 is 11.7 Å². The third kappa shape index (κ3) is 3.25. The molecule has 1 amide bonds. The number of aromatic nitrogens is 2. The molecule has 0 aliphatic carbocycles. The van der Waals surface area contributed by atoms with Gasteiger partial charge in [0.25, 0.3) is 5.91 Å². The summed E-state index contributed by atoms with van der Waals surface area (Å²) in [4.78, 5) is 16.6. The molecule has 2 heterocycles. The van der Waals surface area contributed by atoms with Crippen LogP contribution in [0.3, 0.4) is 0 Å². The highest BCUT2D eigenvalue weighted by Crippen LogP contribution is 2.17. The topological polar surface area (TPSA) is 61.4 Å². The van der Waals surface area contributed by atoms with Crippen LogP contribution in [-0.4, -0.2) is 65.7 Å². The van der Waals surface area contributed by atoms with Crippen molar-refractivity contribution in [1.29, 1.82) is 0 Å². The van der Waals surface area contributed by atoms with Crippen LogP contribution in [0.15, 0.2) is 12.1 Å². The zero-order valence-electron chi connectivity index (χ0n) is 12.5. The summed E-state index contributed by atoms with van der Waals surface area (Å²) >= 11 is 0. The van der Waals surface area contributed by atoms with E-state index >= 15 is 0 Å². The number of likely N-dealkylation sites (tertiary alicyclic amines) is 1. The van der Waals surface area contributed by atoms with Crippen molar-refractivity contribution in [3.63, 3.8) is 0 Å². The predicted molar refractivity (Wildman–Crippen MR) is 78.8 cm³/mol. The average molecular weight is 277 g/mol. The summed E-state index contributed by atoms with van der Waals surface area (Å²) in [7, 11) is 3.64. The first-order valence-corrected chi connectivity index (χ1v) is 7.16. The van der Waals surface area contributed by atoms with Gasteiger partial charge in [0, 0.05) is 33.2 Å². The summed E-state index contributed by atoms with van der Waals surface area (Å²) in [6, 6.07) is 3.79. The number of piperidine rings is 1. The van der Waals surface area contributed by atoms with Crippen molar-refractivity contribution in [2.75, 3.05) is 39.0 Å². The summed E-state index contributed by atoms with van der Waals surface area (Å²) in [5.41, 5.74) is 0.407. The van der Waals surface area contributed by atoms with Gasteiger partial charge in [-0.15, -0.1) is 10.2 Å². The van der Waals surface area contributed by atoms with Crippen LogP contribution in [0, 0.1) is 0 Å². The molecule has 0 saturated carbocycles. The second-order valence-corrected chi connectivity index (χ2v) is 5.14. The van der Waals surface area contributed by atoms with Gasteiger partial charge in [-0.2, -0.15) is 0 Å². The van der Waals surface area contributed by atoms with Crippen LogP contribution < -0.4 is 5.32 Å². The summed E-state index contributed by atoms with van der Waals surface area (Å²) in [6.07, 6.45) is 2.05. The maximum Gasteiger partial charge on any atom is 0.274 e. The van der Waals surface area contributed by atoms with Crippen LogP contribution >= 0.6 is 0 Å². The number of hydrogen-bond acceptors (Lipinski definition) is 5. The second-order valence-electron chi connectivity index (χ2n) is 5.14. The van der Waals surface area contributed by atoms with Gasteiger partial charge in [0.2, 0.25) is 0 Å². The molecule has 0 aromatic carbocycles. The number of rotatable bonds is 4. The van der Waals surface area contributed by atoms with Crippen molar-refractivity contribution < 1.29 is 4.79 Å². The molecule has 0 unspecified atom stereocenters. The number of nitrogens with one attached hydrogen (secondary N) is 1. The van der Waals surface area contributed by atoms with E-state index in [9.17, 15) is 4.79 Å². The maximum atomic E-state index is 12.4. The van der Waals surface area contributed by atoms with Gasteiger partial charge in [-0.25, -0.2) is 0 Å². The first kappa shape index (κ1) is 14.7. The lowest BCUT2D eigenvalue weighted by Crippen LogP contribution is -2.45. The summed E-state index contributed by atoms with van der Waals surface area (Å²) in [5.74, 6) is 0.621. The monoisotopic (exact) mass is 277 g/mol. The Bertz CT molecular complexity index is 439. The van der Waals surface area contributed by atoms with Crippen molar-refractivity contribution in [3.05, 3.63) is 17.8 Å². The molecule has 110 valence electrons. The number of amides is 1. The van der Waals surface area contributed by atoms with Gasteiger partial charge in [-0.3, -0.25) is 4.79 Å². The lowest BCUT2D eigenvalue weighted by atomic mass is 10.0. The molecule has 0 radical (unpaired) electrons. The van der Waals surface area contributed by atoms with Crippen LogP contribution in [0.5, 0.6) is 0 Å². The minimum Gasteiger partial charge on any atom is -0.372 e. The molecule has 2 rings (SSSR count). The fourth-order valence-electron chi connectivity index (χ4n) is 2.55. The molecular weight excluding hydrogens is 254 g/mol. The molecule has 1 aromatic rings. The highest BCUT2D eigenvalue weighted by Gasteiger charge is 2.26. The van der Waals surface area contributed by atoms with E-state index in [1.165, 1.54) is 0 Å². The Morgan fingerprint density at radius 3 is 2.60 bits per heavy atom. The van der Waals surface area contributed by atoms with Crippen molar-refractivity contribution in [2.24, 2.45) is 0 Å². The number of hydrogen-bond donors (Lipinski definition) is 1. The van der Waals surface area contributed by atoms with E-state index in [2.05, 4.69) is 27.3 Å². The Morgan fingerprint density at radius 2 is 2.10 bits per heavy atom. The van der Waals surface area contributed by atoms with E-state index in [1.54, 1.807) is 19.2 Å². The van der Waals surface area contributed by atoms with Crippen LogP contribution in [0.1, 0.15) is 30.3 Å². The predicted octanol–water partition coefficient (Wildman–Crippen LogP) is 1.07. The molecule has 6 nitrogen and oxygen atoms in total. The fraction of sp³-hybridized carbons (Fsp3) is 0.643. The summed E-state index contributed by atoms with van der Waals surface area (Å²) < 4.78 is 0. The van der Waals surface area contributed by atoms with Crippen LogP contribution in [0.4, 0.5) is 5.82 Å². The highest BCUT2D eigenvalue weighted by atomic mass is 16.2. The molecular formula is C14H23N5O. The maximum absolute atomic E-state index is 12.4. The van der Waals surface area contributed by atoms with E-state index < -0.39 is 0 Å². The van der Waals surface area contributed by atoms with Crippen molar-refractivity contribution in [3.8, 4) is 0 Å². The Morgan fingerprint density at radius 1 is 1.40 bits per heavy atom. The standard InChI is InChI=1S/C14H23N5O/c1-4-19-9-7-11(8-10-19)18(3)14(20)12-5-6-13(15-2)17-16-12/h5-6,11H,4,7-10H2,1-3H3,(H,15,17). The average Bonchev–Trinajstić information content (AvgIpc) is 2.53. The Kier molecular flexibility index (Phi) is 4.89. The lowest BCUT2D eigenvalue weighted by molar-refractivity contribution is 0.0640. The molecule has 1 aromatic heterocycles. The third-order valence-electron chi connectivity index (χ3n) is 4.01. The van der Waals surface area contributed by atoms with E-state index in [1.807, 2.05) is 11.9 Å². The SMILES string of the molecule is CCN1CCC(N(C)C(=O)c2ccc(NC)nn2)CC1. The zero-order valence-corrected chi connectivity index (χ0v) is 12.5. The minimum absolute atomic E-state index is 0.0462. The van der Waals surface area contributed by atoms with Crippen LogP contribution in [0.2, 0.25) is 0 Å². The first-order chi connectivity index (χ1) is 9.65. The normalized spacial score (nSPS) is 16.9. The first-order valence-electron chi connectivity index (χ1n) is 7.16. The molecule has 1 aliphatic heterocycles. The van der Waals surface area contributed by atoms with Gasteiger partial charge in [0.15, 0.2) is 5.69 Å². The van der Waals surface area contributed by atoms with Gasteiger partial charge >= 0.3 is 0 Å². The fourth-order valence-corrected chi connectivity index (χ4v) is 2.55. The minimum atomic E-state index is -0.0462. The number of carbonyl (C=O) groups is 1. The lowest BCUT2D eigenvalue weighted by Gasteiger charge is -2.36. The molecule has 0 spiro atoms. The van der Waals surface area contributed by atoms with Crippen LogP contribution in [-0.2, 0) is 0 Å². The summed E-state index contributed by atoms with van der Waals surface area (Å²) in [5, 5.41) is 10.8.